The van der Waals surface area contributed by atoms with Gasteiger partial charge in [0.1, 0.15) is 11.6 Å². The Labute approximate surface area is 159 Å². The van der Waals surface area contributed by atoms with E-state index in [1.54, 1.807) is 24.4 Å². The number of thiophene rings is 1. The van der Waals surface area contributed by atoms with Crippen molar-refractivity contribution in [3.8, 4) is 11.6 Å². The van der Waals surface area contributed by atoms with Crippen LogP contribution in [0.3, 0.4) is 0 Å². The fourth-order valence-corrected chi connectivity index (χ4v) is 3.63. The van der Waals surface area contributed by atoms with Crippen LogP contribution in [0, 0.1) is 5.82 Å². The summed E-state index contributed by atoms with van der Waals surface area (Å²) in [6.07, 6.45) is 1.59. The summed E-state index contributed by atoms with van der Waals surface area (Å²) in [4.78, 5) is 17.3. The molecule has 4 nitrogen and oxygen atoms in total. The van der Waals surface area contributed by atoms with Crippen LogP contribution in [0.2, 0.25) is 0 Å². The van der Waals surface area contributed by atoms with Crippen LogP contribution in [0.1, 0.15) is 15.2 Å². The first-order chi connectivity index (χ1) is 13.2. The number of nitrogens with zero attached hydrogens (tertiary/aromatic N) is 1. The maximum Gasteiger partial charge on any atom is 0.261 e. The molecule has 0 radical (unpaired) electrons. The molecular formula is C21H15FN2O2S. The molecule has 0 saturated heterocycles. The summed E-state index contributed by atoms with van der Waals surface area (Å²) < 4.78 is 20.1. The Morgan fingerprint density at radius 3 is 2.81 bits per heavy atom. The van der Waals surface area contributed by atoms with Crippen molar-refractivity contribution >= 4 is 27.3 Å². The minimum absolute atomic E-state index is 0.156. The topological polar surface area (TPSA) is 51.2 Å². The third-order valence-electron chi connectivity index (χ3n) is 3.95. The van der Waals surface area contributed by atoms with E-state index in [0.717, 1.165) is 10.1 Å². The molecule has 0 unspecified atom stereocenters. The summed E-state index contributed by atoms with van der Waals surface area (Å²) in [6, 6.07) is 19.2. The van der Waals surface area contributed by atoms with E-state index in [0.29, 0.717) is 22.1 Å². The van der Waals surface area contributed by atoms with Gasteiger partial charge in [0.15, 0.2) is 0 Å². The summed E-state index contributed by atoms with van der Waals surface area (Å²) in [7, 11) is 0. The van der Waals surface area contributed by atoms with Crippen molar-refractivity contribution in [3.05, 3.63) is 89.2 Å². The van der Waals surface area contributed by atoms with Gasteiger partial charge in [0.2, 0.25) is 5.88 Å². The Bertz CT molecular complexity index is 1080. The lowest BCUT2D eigenvalue weighted by Crippen LogP contribution is -2.22. The van der Waals surface area contributed by atoms with Crippen molar-refractivity contribution in [1.82, 2.24) is 10.3 Å². The number of carbonyl (C=O) groups is 1. The van der Waals surface area contributed by atoms with Gasteiger partial charge < -0.3 is 10.1 Å². The SMILES string of the molecule is O=C(NCc1cccnc1Oc1cccc(F)c1)c1cc2ccccc2s1. The van der Waals surface area contributed by atoms with Gasteiger partial charge in [0, 0.05) is 29.1 Å². The fourth-order valence-electron chi connectivity index (χ4n) is 2.65. The molecule has 2 aromatic carbocycles. The number of nitrogens with one attached hydrogen (secondary N) is 1. The van der Waals surface area contributed by atoms with Crippen molar-refractivity contribution in [1.29, 1.82) is 0 Å². The third-order valence-corrected chi connectivity index (χ3v) is 5.06. The first kappa shape index (κ1) is 17.2. The number of carbonyl (C=O) groups excluding carboxylic acids is 1. The van der Waals surface area contributed by atoms with Crippen LogP contribution in [-0.2, 0) is 6.54 Å². The quantitative estimate of drug-likeness (QED) is 0.522. The molecule has 0 aliphatic heterocycles. The number of pyridine rings is 1. The molecule has 0 saturated carbocycles. The lowest BCUT2D eigenvalue weighted by atomic mass is 10.2. The van der Waals surface area contributed by atoms with Crippen LogP contribution in [0.4, 0.5) is 4.39 Å². The predicted octanol–water partition coefficient (Wildman–Crippen LogP) is 5.16. The lowest BCUT2D eigenvalue weighted by Gasteiger charge is -2.10. The van der Waals surface area contributed by atoms with E-state index >= 15 is 0 Å². The number of hydrogen-bond donors (Lipinski definition) is 1. The Balaban J connectivity index is 1.48. The number of hydrogen-bond acceptors (Lipinski definition) is 4. The van der Waals surface area contributed by atoms with E-state index < -0.39 is 0 Å². The molecule has 4 rings (SSSR count). The van der Waals surface area contributed by atoms with Crippen molar-refractivity contribution in [2.24, 2.45) is 0 Å². The number of benzene rings is 2. The zero-order valence-corrected chi connectivity index (χ0v) is 15.0. The largest absolute Gasteiger partial charge is 0.439 e. The summed E-state index contributed by atoms with van der Waals surface area (Å²) in [5, 5.41) is 3.94. The standard InChI is InChI=1S/C21H15FN2O2S/c22-16-7-3-8-17(12-16)26-21-15(6-4-10-23-21)13-24-20(25)19-11-14-5-1-2-9-18(14)27-19/h1-12H,13H2,(H,24,25). The average Bonchev–Trinajstić information content (AvgIpc) is 3.11. The van der Waals surface area contributed by atoms with Crippen molar-refractivity contribution < 1.29 is 13.9 Å². The van der Waals surface area contributed by atoms with Gasteiger partial charge >= 0.3 is 0 Å². The van der Waals surface area contributed by atoms with Crippen LogP contribution < -0.4 is 10.1 Å². The normalized spacial score (nSPS) is 10.7. The van der Waals surface area contributed by atoms with Crippen molar-refractivity contribution in [2.45, 2.75) is 6.54 Å². The molecule has 2 aromatic heterocycles. The molecule has 4 aromatic rings. The van der Waals surface area contributed by atoms with Gasteiger partial charge in [0.05, 0.1) is 4.88 Å². The maximum absolute atomic E-state index is 13.3. The monoisotopic (exact) mass is 378 g/mol. The van der Waals surface area contributed by atoms with Gasteiger partial charge in [-0.3, -0.25) is 4.79 Å². The number of fused-ring (bicyclic) bond motifs is 1. The highest BCUT2D eigenvalue weighted by Gasteiger charge is 2.12. The minimum Gasteiger partial charge on any atom is -0.439 e. The molecule has 0 bridgehead atoms. The Hall–Kier alpha value is -3.25. The number of halogens is 1. The fraction of sp³-hybridized carbons (Fsp3) is 0.0476. The molecule has 1 amide bonds. The van der Waals surface area contributed by atoms with Gasteiger partial charge in [-0.1, -0.05) is 30.3 Å². The number of aromatic nitrogens is 1. The van der Waals surface area contributed by atoms with E-state index in [-0.39, 0.29) is 18.3 Å². The van der Waals surface area contributed by atoms with Crippen LogP contribution in [0.15, 0.2) is 72.9 Å². The summed E-state index contributed by atoms with van der Waals surface area (Å²) in [6.45, 7) is 0.256. The highest BCUT2D eigenvalue weighted by Crippen LogP contribution is 2.26. The number of ether oxygens (including phenoxy) is 1. The molecule has 27 heavy (non-hydrogen) atoms. The highest BCUT2D eigenvalue weighted by molar-refractivity contribution is 7.20. The van der Waals surface area contributed by atoms with Gasteiger partial charge in [-0.05, 0) is 35.7 Å². The van der Waals surface area contributed by atoms with E-state index in [9.17, 15) is 9.18 Å². The van der Waals surface area contributed by atoms with Crippen LogP contribution in [0.25, 0.3) is 10.1 Å². The van der Waals surface area contributed by atoms with Gasteiger partial charge in [-0.25, -0.2) is 9.37 Å². The van der Waals surface area contributed by atoms with Gasteiger partial charge in [-0.2, -0.15) is 0 Å². The van der Waals surface area contributed by atoms with Gasteiger partial charge in [-0.15, -0.1) is 11.3 Å². The second kappa shape index (κ2) is 7.55. The van der Waals surface area contributed by atoms with E-state index in [1.807, 2.05) is 36.4 Å². The summed E-state index contributed by atoms with van der Waals surface area (Å²) in [5.74, 6) is 0.144. The molecule has 0 spiro atoms. The van der Waals surface area contributed by atoms with Crippen LogP contribution >= 0.6 is 11.3 Å². The molecule has 0 fully saturated rings. The zero-order valence-electron chi connectivity index (χ0n) is 14.2. The average molecular weight is 378 g/mol. The molecular weight excluding hydrogens is 363 g/mol. The predicted molar refractivity (Wildman–Crippen MR) is 104 cm³/mol. The molecule has 0 aliphatic rings. The van der Waals surface area contributed by atoms with Crippen LogP contribution in [0.5, 0.6) is 11.6 Å². The van der Waals surface area contributed by atoms with E-state index in [2.05, 4.69) is 10.3 Å². The van der Waals surface area contributed by atoms with Crippen molar-refractivity contribution in [3.63, 3.8) is 0 Å². The minimum atomic E-state index is -0.386. The van der Waals surface area contributed by atoms with Crippen molar-refractivity contribution in [2.75, 3.05) is 0 Å². The summed E-state index contributed by atoms with van der Waals surface area (Å²) in [5.41, 5.74) is 0.705. The third kappa shape index (κ3) is 3.96. The first-order valence-corrected chi connectivity index (χ1v) is 9.15. The molecule has 6 heteroatoms. The lowest BCUT2D eigenvalue weighted by molar-refractivity contribution is 0.0955. The maximum atomic E-state index is 13.3. The summed E-state index contributed by atoms with van der Waals surface area (Å²) >= 11 is 1.45. The molecule has 2 heterocycles. The Morgan fingerprint density at radius 2 is 1.96 bits per heavy atom. The molecule has 134 valence electrons. The number of rotatable bonds is 5. The number of amides is 1. The van der Waals surface area contributed by atoms with E-state index in [1.165, 1.54) is 23.5 Å². The Morgan fingerprint density at radius 1 is 1.07 bits per heavy atom. The zero-order chi connectivity index (χ0) is 18.6. The molecule has 0 atom stereocenters. The van der Waals surface area contributed by atoms with Gasteiger partial charge in [0.25, 0.3) is 5.91 Å². The first-order valence-electron chi connectivity index (χ1n) is 8.33. The second-order valence-electron chi connectivity index (χ2n) is 5.86. The second-order valence-corrected chi connectivity index (χ2v) is 6.94. The molecule has 1 N–H and O–H groups in total. The van der Waals surface area contributed by atoms with E-state index in [4.69, 9.17) is 4.74 Å². The van der Waals surface area contributed by atoms with Crippen LogP contribution in [-0.4, -0.2) is 10.9 Å². The Kier molecular flexibility index (Phi) is 4.80. The highest BCUT2D eigenvalue weighted by atomic mass is 32.1. The molecule has 0 aliphatic carbocycles. The smallest absolute Gasteiger partial charge is 0.261 e.